The average molecular weight is 319 g/mol. The van der Waals surface area contributed by atoms with Crippen molar-refractivity contribution in [3.8, 4) is 6.07 Å². The number of nitrogens with one attached hydrogen (secondary N) is 1. The lowest BCUT2D eigenvalue weighted by atomic mass is 10.1. The van der Waals surface area contributed by atoms with Gasteiger partial charge < -0.3 is 5.32 Å². The normalized spacial score (nSPS) is 9.74. The van der Waals surface area contributed by atoms with Gasteiger partial charge in [-0.05, 0) is 40.2 Å². The van der Waals surface area contributed by atoms with Gasteiger partial charge in [0.15, 0.2) is 0 Å². The molecule has 0 saturated carbocycles. The van der Waals surface area contributed by atoms with E-state index in [1.165, 1.54) is 18.2 Å². The Hall–Kier alpha value is -2.19. The van der Waals surface area contributed by atoms with Gasteiger partial charge in [-0.1, -0.05) is 18.2 Å². The average Bonchev–Trinajstić information content (AvgIpc) is 2.42. The third-order valence-electron chi connectivity index (χ3n) is 2.49. The molecule has 0 unspecified atom stereocenters. The lowest BCUT2D eigenvalue weighted by Gasteiger charge is -2.08. The summed E-state index contributed by atoms with van der Waals surface area (Å²) in [5, 5.41) is 11.5. The molecule has 5 heteroatoms. The number of nitrogens with zero attached hydrogens (tertiary/aromatic N) is 1. The van der Waals surface area contributed by atoms with Gasteiger partial charge in [0.2, 0.25) is 0 Å². The van der Waals surface area contributed by atoms with Crippen molar-refractivity contribution >= 4 is 27.5 Å². The number of nitriles is 1. The second kappa shape index (κ2) is 5.63. The number of carbonyl (C=O) groups is 1. The minimum absolute atomic E-state index is 0.0990. The van der Waals surface area contributed by atoms with Gasteiger partial charge in [-0.15, -0.1) is 0 Å². The van der Waals surface area contributed by atoms with Crippen molar-refractivity contribution in [3.05, 3.63) is 63.9 Å². The first kappa shape index (κ1) is 13.2. The van der Waals surface area contributed by atoms with Crippen molar-refractivity contribution in [2.75, 3.05) is 5.32 Å². The van der Waals surface area contributed by atoms with Gasteiger partial charge in [-0.2, -0.15) is 5.26 Å². The van der Waals surface area contributed by atoms with Gasteiger partial charge in [0, 0.05) is 0 Å². The molecule has 19 heavy (non-hydrogen) atoms. The first-order valence-corrected chi connectivity index (χ1v) is 6.17. The third-order valence-corrected chi connectivity index (χ3v) is 3.30. The maximum atomic E-state index is 13.3. The number of hydrogen-bond donors (Lipinski definition) is 1. The molecule has 0 aliphatic rings. The fourth-order valence-electron chi connectivity index (χ4n) is 1.56. The minimum atomic E-state index is -0.513. The minimum Gasteiger partial charge on any atom is -0.321 e. The molecule has 0 atom stereocenters. The zero-order valence-corrected chi connectivity index (χ0v) is 11.2. The van der Waals surface area contributed by atoms with Crippen molar-refractivity contribution in [3.63, 3.8) is 0 Å². The highest BCUT2D eigenvalue weighted by molar-refractivity contribution is 9.10. The zero-order chi connectivity index (χ0) is 13.8. The number of carbonyl (C=O) groups excluding carboxylic acids is 1. The molecule has 0 saturated heterocycles. The van der Waals surface area contributed by atoms with Crippen LogP contribution in [0.4, 0.5) is 10.1 Å². The van der Waals surface area contributed by atoms with Crippen LogP contribution in [0.5, 0.6) is 0 Å². The summed E-state index contributed by atoms with van der Waals surface area (Å²) in [6.07, 6.45) is 0. The van der Waals surface area contributed by atoms with E-state index < -0.39 is 11.7 Å². The van der Waals surface area contributed by atoms with Gasteiger partial charge in [0.1, 0.15) is 11.9 Å². The monoisotopic (exact) mass is 318 g/mol. The molecule has 0 radical (unpaired) electrons. The summed E-state index contributed by atoms with van der Waals surface area (Å²) in [7, 11) is 0. The maximum Gasteiger partial charge on any atom is 0.256 e. The number of benzene rings is 2. The summed E-state index contributed by atoms with van der Waals surface area (Å²) in [5.41, 5.74) is 0.919. The molecule has 0 aromatic heterocycles. The fraction of sp³-hybridized carbons (Fsp3) is 0. The van der Waals surface area contributed by atoms with Crippen LogP contribution in [0.2, 0.25) is 0 Å². The van der Waals surface area contributed by atoms with E-state index in [1.54, 1.807) is 24.3 Å². The van der Waals surface area contributed by atoms with Crippen LogP contribution in [-0.4, -0.2) is 5.91 Å². The lowest BCUT2D eigenvalue weighted by Crippen LogP contribution is -2.13. The van der Waals surface area contributed by atoms with Crippen LogP contribution in [0.25, 0.3) is 0 Å². The largest absolute Gasteiger partial charge is 0.321 e. The lowest BCUT2D eigenvalue weighted by molar-refractivity contribution is 0.102. The van der Waals surface area contributed by atoms with Crippen LogP contribution in [0.15, 0.2) is 46.9 Å². The van der Waals surface area contributed by atoms with Crippen LogP contribution in [0, 0.1) is 17.1 Å². The summed E-state index contributed by atoms with van der Waals surface area (Å²) >= 11 is 3.03. The first-order valence-electron chi connectivity index (χ1n) is 5.38. The molecular weight excluding hydrogens is 311 g/mol. The second-order valence-corrected chi connectivity index (χ2v) is 4.51. The van der Waals surface area contributed by atoms with E-state index in [-0.39, 0.29) is 10.0 Å². The smallest absolute Gasteiger partial charge is 0.256 e. The van der Waals surface area contributed by atoms with Crippen molar-refractivity contribution in [1.82, 2.24) is 0 Å². The molecule has 0 aliphatic heterocycles. The fourth-order valence-corrected chi connectivity index (χ4v) is 2.00. The topological polar surface area (TPSA) is 52.9 Å². The standard InChI is InChI=1S/C14H8BrFN2O/c15-13-10(5-3-6-11(13)16)14(19)18-12-7-2-1-4-9(12)8-17/h1-7H,(H,18,19). The second-order valence-electron chi connectivity index (χ2n) is 3.71. The third kappa shape index (κ3) is 2.80. The van der Waals surface area contributed by atoms with Crippen molar-refractivity contribution in [1.29, 1.82) is 5.26 Å². The Bertz CT molecular complexity index is 679. The Morgan fingerprint density at radius 1 is 1.21 bits per heavy atom. The maximum absolute atomic E-state index is 13.3. The van der Waals surface area contributed by atoms with Crippen LogP contribution in [0.3, 0.4) is 0 Å². The summed E-state index contributed by atoms with van der Waals surface area (Å²) in [6.45, 7) is 0. The molecule has 0 aliphatic carbocycles. The van der Waals surface area contributed by atoms with Crippen LogP contribution in [-0.2, 0) is 0 Å². The van der Waals surface area contributed by atoms with E-state index >= 15 is 0 Å². The number of anilines is 1. The van der Waals surface area contributed by atoms with Gasteiger partial charge in [0.05, 0.1) is 21.3 Å². The molecular formula is C14H8BrFN2O. The summed E-state index contributed by atoms with van der Waals surface area (Å²) < 4.78 is 13.4. The molecule has 0 fully saturated rings. The molecule has 2 aromatic rings. The van der Waals surface area contributed by atoms with Gasteiger partial charge in [0.25, 0.3) is 5.91 Å². The molecule has 2 rings (SSSR count). The Balaban J connectivity index is 2.32. The molecule has 3 nitrogen and oxygen atoms in total. The summed E-state index contributed by atoms with van der Waals surface area (Å²) in [5.74, 6) is -0.990. The predicted molar refractivity (Wildman–Crippen MR) is 73.2 cm³/mol. The Morgan fingerprint density at radius 3 is 2.68 bits per heavy atom. The van der Waals surface area contributed by atoms with Gasteiger partial charge in [-0.3, -0.25) is 4.79 Å². The molecule has 0 bridgehead atoms. The molecule has 94 valence electrons. The number of rotatable bonds is 2. The van der Waals surface area contributed by atoms with E-state index in [9.17, 15) is 9.18 Å². The Kier molecular flexibility index (Phi) is 3.93. The molecule has 0 heterocycles. The molecule has 2 aromatic carbocycles. The highest BCUT2D eigenvalue weighted by Gasteiger charge is 2.14. The first-order chi connectivity index (χ1) is 9.13. The van der Waals surface area contributed by atoms with Crippen molar-refractivity contribution < 1.29 is 9.18 Å². The number of hydrogen-bond acceptors (Lipinski definition) is 2. The number of halogens is 2. The summed E-state index contributed by atoms with van der Waals surface area (Å²) in [6, 6.07) is 12.8. The number of amides is 1. The van der Waals surface area contributed by atoms with Gasteiger partial charge in [-0.25, -0.2) is 4.39 Å². The quantitative estimate of drug-likeness (QED) is 0.917. The van der Waals surface area contributed by atoms with E-state index in [1.807, 2.05) is 6.07 Å². The highest BCUT2D eigenvalue weighted by Crippen LogP contribution is 2.22. The van der Waals surface area contributed by atoms with Crippen LogP contribution < -0.4 is 5.32 Å². The Morgan fingerprint density at radius 2 is 1.95 bits per heavy atom. The van der Waals surface area contributed by atoms with Crippen molar-refractivity contribution in [2.24, 2.45) is 0 Å². The van der Waals surface area contributed by atoms with E-state index in [2.05, 4.69) is 21.2 Å². The highest BCUT2D eigenvalue weighted by atomic mass is 79.9. The summed E-state index contributed by atoms with van der Waals surface area (Å²) in [4.78, 5) is 12.0. The van der Waals surface area contributed by atoms with E-state index in [4.69, 9.17) is 5.26 Å². The van der Waals surface area contributed by atoms with Crippen LogP contribution >= 0.6 is 15.9 Å². The Labute approximate surface area is 117 Å². The zero-order valence-electron chi connectivity index (χ0n) is 9.65. The van der Waals surface area contributed by atoms with Gasteiger partial charge >= 0.3 is 0 Å². The van der Waals surface area contributed by atoms with E-state index in [0.29, 0.717) is 11.3 Å². The SMILES string of the molecule is N#Cc1ccccc1NC(=O)c1cccc(F)c1Br. The number of para-hydroxylation sites is 1. The van der Waals surface area contributed by atoms with Crippen LogP contribution in [0.1, 0.15) is 15.9 Å². The van der Waals surface area contributed by atoms with Crippen molar-refractivity contribution in [2.45, 2.75) is 0 Å². The molecule has 0 spiro atoms. The molecule has 1 amide bonds. The van der Waals surface area contributed by atoms with E-state index in [0.717, 1.165) is 0 Å². The molecule has 1 N–H and O–H groups in total. The predicted octanol–water partition coefficient (Wildman–Crippen LogP) is 3.71.